The number of fused-ring (bicyclic) bond motifs is 3. The van der Waals surface area contributed by atoms with Crippen LogP contribution in [0.15, 0.2) is 78.9 Å². The summed E-state index contributed by atoms with van der Waals surface area (Å²) in [6.07, 6.45) is 0. The molecule has 0 spiro atoms. The number of benzene rings is 4. The Hall–Kier alpha value is -4.06. The van der Waals surface area contributed by atoms with Crippen LogP contribution in [0.5, 0.6) is 0 Å². The maximum Gasteiger partial charge on any atom is 0.249 e. The van der Waals surface area contributed by atoms with Gasteiger partial charge in [0.1, 0.15) is 5.82 Å². The predicted octanol–water partition coefficient (Wildman–Crippen LogP) is 6.03. The van der Waals surface area contributed by atoms with Crippen molar-refractivity contribution in [2.45, 2.75) is 6.54 Å². The highest BCUT2D eigenvalue weighted by molar-refractivity contribution is 6.18. The summed E-state index contributed by atoms with van der Waals surface area (Å²) in [7, 11) is 0. The molecule has 0 unspecified atom stereocenters. The van der Waals surface area contributed by atoms with E-state index in [9.17, 15) is 18.0 Å². The van der Waals surface area contributed by atoms with E-state index in [0.717, 1.165) is 23.3 Å². The minimum absolute atomic E-state index is 0.254. The summed E-state index contributed by atoms with van der Waals surface area (Å²) < 4.78 is 44.5. The van der Waals surface area contributed by atoms with E-state index in [1.807, 2.05) is 48.5 Å². The number of hydrogen-bond donors (Lipinski definition) is 1. The third-order valence-corrected chi connectivity index (χ3v) is 5.72. The molecule has 1 aromatic heterocycles. The molecule has 0 bridgehead atoms. The zero-order chi connectivity index (χ0) is 22.4. The molecule has 1 heterocycles. The standard InChI is InChI=1S/C26H17F3N2O/c27-20-11-12-21(28)25(29)19(20)14-31-22-8-4-7-18(26(30)32)24(22)17-10-9-16(13-23(17)31)15-5-2-1-3-6-15/h1-13H,14H2,(H2,30,32). The second-order valence-electron chi connectivity index (χ2n) is 7.57. The minimum Gasteiger partial charge on any atom is -0.366 e. The van der Waals surface area contributed by atoms with E-state index >= 15 is 0 Å². The van der Waals surface area contributed by atoms with Crippen LogP contribution in [0.4, 0.5) is 13.2 Å². The summed E-state index contributed by atoms with van der Waals surface area (Å²) in [6.45, 7) is -0.254. The third-order valence-electron chi connectivity index (χ3n) is 5.72. The quantitative estimate of drug-likeness (QED) is 0.348. The van der Waals surface area contributed by atoms with Gasteiger partial charge in [-0.2, -0.15) is 0 Å². The van der Waals surface area contributed by atoms with E-state index < -0.39 is 28.9 Å². The van der Waals surface area contributed by atoms with E-state index in [0.29, 0.717) is 27.4 Å². The molecule has 0 fully saturated rings. The number of hydrogen-bond acceptors (Lipinski definition) is 1. The number of carbonyl (C=O) groups is 1. The first-order chi connectivity index (χ1) is 15.5. The number of aromatic nitrogens is 1. The van der Waals surface area contributed by atoms with Gasteiger partial charge in [0.15, 0.2) is 11.6 Å². The van der Waals surface area contributed by atoms with Gasteiger partial charge in [0.2, 0.25) is 5.91 Å². The van der Waals surface area contributed by atoms with Crippen LogP contribution in [-0.4, -0.2) is 10.5 Å². The number of halogens is 3. The molecule has 0 radical (unpaired) electrons. The van der Waals surface area contributed by atoms with E-state index in [1.54, 1.807) is 22.8 Å². The van der Waals surface area contributed by atoms with Gasteiger partial charge >= 0.3 is 0 Å². The Balaban J connectivity index is 1.84. The van der Waals surface area contributed by atoms with Crippen LogP contribution < -0.4 is 5.73 Å². The van der Waals surface area contributed by atoms with E-state index in [-0.39, 0.29) is 6.54 Å². The van der Waals surface area contributed by atoms with Crippen molar-refractivity contribution >= 4 is 27.7 Å². The molecule has 5 rings (SSSR count). The number of nitrogens with zero attached hydrogens (tertiary/aromatic N) is 1. The second-order valence-corrected chi connectivity index (χ2v) is 7.57. The molecule has 32 heavy (non-hydrogen) atoms. The fourth-order valence-corrected chi connectivity index (χ4v) is 4.20. The Kier molecular flexibility index (Phi) is 4.70. The Morgan fingerprint density at radius 3 is 2.28 bits per heavy atom. The van der Waals surface area contributed by atoms with Crippen LogP contribution in [0.1, 0.15) is 15.9 Å². The molecule has 2 N–H and O–H groups in total. The lowest BCUT2D eigenvalue weighted by atomic mass is 10.0. The van der Waals surface area contributed by atoms with Gasteiger partial charge in [0.25, 0.3) is 0 Å². The summed E-state index contributed by atoms with van der Waals surface area (Å²) in [5, 5.41) is 1.30. The summed E-state index contributed by atoms with van der Waals surface area (Å²) in [4.78, 5) is 12.1. The number of carbonyl (C=O) groups excluding carboxylic acids is 1. The monoisotopic (exact) mass is 430 g/mol. The van der Waals surface area contributed by atoms with Crippen molar-refractivity contribution in [2.24, 2.45) is 5.73 Å². The highest BCUT2D eigenvalue weighted by atomic mass is 19.2. The van der Waals surface area contributed by atoms with Crippen LogP contribution >= 0.6 is 0 Å². The van der Waals surface area contributed by atoms with Gasteiger partial charge in [0.05, 0.1) is 17.6 Å². The predicted molar refractivity (Wildman–Crippen MR) is 119 cm³/mol. The molecule has 0 atom stereocenters. The normalized spacial score (nSPS) is 11.3. The molecule has 1 amide bonds. The van der Waals surface area contributed by atoms with E-state index in [2.05, 4.69) is 0 Å². The first-order valence-electron chi connectivity index (χ1n) is 9.98. The Bertz CT molecular complexity index is 1510. The fraction of sp³-hybridized carbons (Fsp3) is 0.0385. The first kappa shape index (κ1) is 19.9. The number of nitrogens with two attached hydrogens (primary N) is 1. The molecular formula is C26H17F3N2O. The van der Waals surface area contributed by atoms with Gasteiger partial charge in [-0.25, -0.2) is 13.2 Å². The largest absolute Gasteiger partial charge is 0.366 e. The maximum absolute atomic E-state index is 14.5. The lowest BCUT2D eigenvalue weighted by Crippen LogP contribution is -2.11. The van der Waals surface area contributed by atoms with Gasteiger partial charge in [-0.05, 0) is 41.5 Å². The first-order valence-corrected chi connectivity index (χ1v) is 9.98. The van der Waals surface area contributed by atoms with Crippen LogP contribution in [0.3, 0.4) is 0 Å². The van der Waals surface area contributed by atoms with Crippen molar-refractivity contribution in [1.29, 1.82) is 0 Å². The Morgan fingerprint density at radius 2 is 1.53 bits per heavy atom. The molecular weight excluding hydrogens is 413 g/mol. The van der Waals surface area contributed by atoms with Crippen molar-refractivity contribution in [3.05, 3.63) is 107 Å². The molecule has 0 aliphatic rings. The molecule has 3 nitrogen and oxygen atoms in total. The number of primary amides is 1. The Labute approximate surface area is 181 Å². The van der Waals surface area contributed by atoms with Crippen molar-refractivity contribution in [3.63, 3.8) is 0 Å². The highest BCUT2D eigenvalue weighted by Gasteiger charge is 2.20. The van der Waals surface area contributed by atoms with Gasteiger partial charge < -0.3 is 10.3 Å². The van der Waals surface area contributed by atoms with Gasteiger partial charge in [-0.1, -0.05) is 48.5 Å². The lowest BCUT2D eigenvalue weighted by molar-refractivity contribution is 0.100. The molecule has 5 aromatic rings. The second kappa shape index (κ2) is 7.57. The Morgan fingerprint density at radius 1 is 0.781 bits per heavy atom. The smallest absolute Gasteiger partial charge is 0.249 e. The topological polar surface area (TPSA) is 48.0 Å². The van der Waals surface area contributed by atoms with Crippen LogP contribution in [0.2, 0.25) is 0 Å². The molecule has 6 heteroatoms. The molecule has 0 saturated carbocycles. The third kappa shape index (κ3) is 3.12. The molecule has 0 aliphatic carbocycles. The van der Waals surface area contributed by atoms with E-state index in [4.69, 9.17) is 5.73 Å². The van der Waals surface area contributed by atoms with Crippen LogP contribution in [0.25, 0.3) is 32.9 Å². The summed E-state index contributed by atoms with van der Waals surface area (Å²) in [5.74, 6) is -3.80. The SMILES string of the molecule is NC(=O)c1cccc2c1c1ccc(-c3ccccc3)cc1n2Cc1c(F)ccc(F)c1F. The summed E-state index contributed by atoms with van der Waals surface area (Å²) in [5.41, 5.74) is 8.60. The summed E-state index contributed by atoms with van der Waals surface area (Å²) in [6, 6.07) is 22.0. The fourth-order valence-electron chi connectivity index (χ4n) is 4.20. The highest BCUT2D eigenvalue weighted by Crippen LogP contribution is 2.35. The van der Waals surface area contributed by atoms with Crippen molar-refractivity contribution < 1.29 is 18.0 Å². The molecule has 158 valence electrons. The number of rotatable bonds is 4. The lowest BCUT2D eigenvalue weighted by Gasteiger charge is -2.11. The average molecular weight is 430 g/mol. The van der Waals surface area contributed by atoms with Gasteiger partial charge in [0, 0.05) is 21.9 Å². The van der Waals surface area contributed by atoms with E-state index in [1.165, 1.54) is 0 Å². The van der Waals surface area contributed by atoms with Crippen LogP contribution in [0, 0.1) is 17.5 Å². The van der Waals surface area contributed by atoms with Crippen molar-refractivity contribution in [2.75, 3.05) is 0 Å². The zero-order valence-corrected chi connectivity index (χ0v) is 16.8. The van der Waals surface area contributed by atoms with Crippen molar-refractivity contribution in [3.8, 4) is 11.1 Å². The van der Waals surface area contributed by atoms with Crippen LogP contribution in [-0.2, 0) is 6.54 Å². The molecule has 0 saturated heterocycles. The van der Waals surface area contributed by atoms with Gasteiger partial charge in [-0.3, -0.25) is 4.79 Å². The van der Waals surface area contributed by atoms with Crippen molar-refractivity contribution in [1.82, 2.24) is 4.57 Å². The zero-order valence-electron chi connectivity index (χ0n) is 16.8. The minimum atomic E-state index is -1.23. The average Bonchev–Trinajstić information content (AvgIpc) is 3.12. The maximum atomic E-state index is 14.5. The molecule has 4 aromatic carbocycles. The number of amides is 1. The molecule has 0 aliphatic heterocycles. The van der Waals surface area contributed by atoms with Gasteiger partial charge in [-0.15, -0.1) is 0 Å². The summed E-state index contributed by atoms with van der Waals surface area (Å²) >= 11 is 0.